The molecule has 2 aromatic rings. The van der Waals surface area contributed by atoms with Gasteiger partial charge in [0.1, 0.15) is 0 Å². The highest BCUT2D eigenvalue weighted by atomic mass is 16.1. The summed E-state index contributed by atoms with van der Waals surface area (Å²) >= 11 is 0. The van der Waals surface area contributed by atoms with Gasteiger partial charge in [-0.3, -0.25) is 4.79 Å². The molecule has 0 unspecified atom stereocenters. The van der Waals surface area contributed by atoms with E-state index in [-0.39, 0.29) is 16.9 Å². The largest absolute Gasteiger partial charge is 0.310 e. The molecule has 0 radical (unpaired) electrons. The Morgan fingerprint density at radius 2 is 1.04 bits per heavy atom. The summed E-state index contributed by atoms with van der Waals surface area (Å²) in [5.74, 6) is 0.161. The minimum atomic E-state index is -0.0742. The lowest BCUT2D eigenvalue weighted by Crippen LogP contribution is -2.39. The number of hydrogen-bond acceptors (Lipinski definition) is 3. The van der Waals surface area contributed by atoms with Crippen LogP contribution in [0.2, 0.25) is 0 Å². The van der Waals surface area contributed by atoms with Crippen LogP contribution in [-0.2, 0) is 11.1 Å². The third kappa shape index (κ3) is 3.11. The molecule has 2 saturated carbocycles. The van der Waals surface area contributed by atoms with Gasteiger partial charge >= 0.3 is 0 Å². The van der Waals surface area contributed by atoms with E-state index in [2.05, 4.69) is 34.9 Å². The van der Waals surface area contributed by atoms with E-state index in [0.29, 0.717) is 0 Å². The molecule has 2 aliphatic carbocycles. The van der Waals surface area contributed by atoms with Crippen molar-refractivity contribution in [2.24, 2.45) is 0 Å². The van der Waals surface area contributed by atoms with Gasteiger partial charge in [0.25, 0.3) is 0 Å². The summed E-state index contributed by atoms with van der Waals surface area (Å²) in [7, 11) is 4.07. The number of ketones is 1. The van der Waals surface area contributed by atoms with Crippen LogP contribution in [0.25, 0.3) is 0 Å². The SMILES string of the molecule is CNC1(c2ccccc2C(=O)c2ccccc2C2(NC)CCCC2)CCCC1. The Labute approximate surface area is 168 Å². The van der Waals surface area contributed by atoms with Crippen LogP contribution in [0.4, 0.5) is 0 Å². The Balaban J connectivity index is 1.81. The fourth-order valence-electron chi connectivity index (χ4n) is 5.61. The molecule has 0 atom stereocenters. The average molecular weight is 377 g/mol. The van der Waals surface area contributed by atoms with E-state index in [4.69, 9.17) is 0 Å². The maximum Gasteiger partial charge on any atom is 0.193 e. The van der Waals surface area contributed by atoms with Crippen LogP contribution in [0.5, 0.6) is 0 Å². The first-order valence-corrected chi connectivity index (χ1v) is 10.8. The lowest BCUT2D eigenvalue weighted by molar-refractivity contribution is 0.103. The highest BCUT2D eigenvalue weighted by molar-refractivity contribution is 6.11. The molecule has 4 rings (SSSR count). The molecule has 2 fully saturated rings. The van der Waals surface area contributed by atoms with Crippen molar-refractivity contribution in [2.75, 3.05) is 14.1 Å². The van der Waals surface area contributed by atoms with Gasteiger partial charge in [-0.1, -0.05) is 74.2 Å². The van der Waals surface area contributed by atoms with E-state index >= 15 is 0 Å². The summed E-state index contributed by atoms with van der Waals surface area (Å²) in [4.78, 5) is 13.9. The molecule has 2 aromatic carbocycles. The van der Waals surface area contributed by atoms with Crippen molar-refractivity contribution in [3.63, 3.8) is 0 Å². The summed E-state index contributed by atoms with van der Waals surface area (Å²) < 4.78 is 0. The van der Waals surface area contributed by atoms with E-state index < -0.39 is 0 Å². The van der Waals surface area contributed by atoms with Crippen LogP contribution in [0.3, 0.4) is 0 Å². The monoisotopic (exact) mass is 376 g/mol. The molecule has 3 heteroatoms. The lowest BCUT2D eigenvalue weighted by atomic mass is 9.79. The summed E-state index contributed by atoms with van der Waals surface area (Å²) in [5, 5.41) is 7.13. The normalized spacial score (nSPS) is 20.4. The highest BCUT2D eigenvalue weighted by Crippen LogP contribution is 2.43. The zero-order chi connectivity index (χ0) is 19.6. The quantitative estimate of drug-likeness (QED) is 0.705. The predicted molar refractivity (Wildman–Crippen MR) is 115 cm³/mol. The molecule has 148 valence electrons. The fraction of sp³-hybridized carbons (Fsp3) is 0.480. The summed E-state index contributed by atoms with van der Waals surface area (Å²) in [6.45, 7) is 0. The van der Waals surface area contributed by atoms with E-state index in [0.717, 1.165) is 36.8 Å². The lowest BCUT2D eigenvalue weighted by Gasteiger charge is -2.33. The number of nitrogens with one attached hydrogen (secondary N) is 2. The third-order valence-corrected chi connectivity index (χ3v) is 7.25. The maximum atomic E-state index is 13.9. The minimum Gasteiger partial charge on any atom is -0.310 e. The molecule has 0 bridgehead atoms. The van der Waals surface area contributed by atoms with Gasteiger partial charge in [-0.25, -0.2) is 0 Å². The van der Waals surface area contributed by atoms with Crippen LogP contribution in [-0.4, -0.2) is 19.9 Å². The number of hydrogen-bond donors (Lipinski definition) is 2. The summed E-state index contributed by atoms with van der Waals surface area (Å²) in [6.07, 6.45) is 9.22. The van der Waals surface area contributed by atoms with E-state index in [1.54, 1.807) is 0 Å². The molecule has 0 spiro atoms. The van der Waals surface area contributed by atoms with Crippen molar-refractivity contribution in [2.45, 2.75) is 62.4 Å². The van der Waals surface area contributed by atoms with Gasteiger partial charge in [-0.05, 0) is 50.9 Å². The van der Waals surface area contributed by atoms with Crippen LogP contribution >= 0.6 is 0 Å². The van der Waals surface area contributed by atoms with Crippen molar-refractivity contribution < 1.29 is 4.79 Å². The molecule has 2 N–H and O–H groups in total. The van der Waals surface area contributed by atoms with Crippen molar-refractivity contribution >= 4 is 5.78 Å². The van der Waals surface area contributed by atoms with Gasteiger partial charge < -0.3 is 10.6 Å². The predicted octanol–water partition coefficient (Wildman–Crippen LogP) is 4.90. The second-order valence-corrected chi connectivity index (χ2v) is 8.50. The number of rotatable bonds is 6. The maximum absolute atomic E-state index is 13.9. The third-order valence-electron chi connectivity index (χ3n) is 7.25. The van der Waals surface area contributed by atoms with Crippen molar-refractivity contribution in [1.82, 2.24) is 10.6 Å². The van der Waals surface area contributed by atoms with Gasteiger partial charge in [-0.2, -0.15) is 0 Å². The van der Waals surface area contributed by atoms with E-state index in [1.807, 2.05) is 38.4 Å². The van der Waals surface area contributed by atoms with E-state index in [1.165, 1.54) is 36.8 Å². The summed E-state index contributed by atoms with van der Waals surface area (Å²) in [5.41, 5.74) is 3.90. The van der Waals surface area contributed by atoms with Crippen LogP contribution in [0, 0.1) is 0 Å². The first kappa shape index (κ1) is 19.4. The van der Waals surface area contributed by atoms with Crippen LogP contribution in [0.15, 0.2) is 48.5 Å². The first-order valence-electron chi connectivity index (χ1n) is 10.8. The van der Waals surface area contributed by atoms with Crippen LogP contribution in [0.1, 0.15) is 78.4 Å². The molecule has 0 aromatic heterocycles. The zero-order valence-electron chi connectivity index (χ0n) is 17.2. The first-order chi connectivity index (χ1) is 13.7. The van der Waals surface area contributed by atoms with Gasteiger partial charge in [0.15, 0.2) is 5.78 Å². The topological polar surface area (TPSA) is 41.1 Å². The Morgan fingerprint density at radius 1 is 0.679 bits per heavy atom. The molecule has 0 heterocycles. The van der Waals surface area contributed by atoms with E-state index in [9.17, 15) is 4.79 Å². The Kier molecular flexibility index (Phi) is 5.39. The van der Waals surface area contributed by atoms with Crippen molar-refractivity contribution in [3.8, 4) is 0 Å². The molecule has 0 aliphatic heterocycles. The minimum absolute atomic E-state index is 0.0742. The Bertz CT molecular complexity index is 776. The van der Waals surface area contributed by atoms with Gasteiger partial charge in [-0.15, -0.1) is 0 Å². The second kappa shape index (κ2) is 7.81. The van der Waals surface area contributed by atoms with Gasteiger partial charge in [0.2, 0.25) is 0 Å². The zero-order valence-corrected chi connectivity index (χ0v) is 17.2. The standard InChI is InChI=1S/C25H32N2O/c1-26-24(15-7-8-16-24)21-13-5-3-11-19(21)23(28)20-12-4-6-14-22(20)25(27-2)17-9-10-18-25/h3-6,11-14,26-27H,7-10,15-18H2,1-2H3. The van der Waals surface area contributed by atoms with Gasteiger partial charge in [0, 0.05) is 22.2 Å². The molecule has 0 amide bonds. The molecule has 0 saturated heterocycles. The molecule has 3 nitrogen and oxygen atoms in total. The molecular weight excluding hydrogens is 344 g/mol. The Hall–Kier alpha value is -1.97. The van der Waals surface area contributed by atoms with Gasteiger partial charge in [0.05, 0.1) is 0 Å². The van der Waals surface area contributed by atoms with Crippen molar-refractivity contribution in [1.29, 1.82) is 0 Å². The van der Waals surface area contributed by atoms with Crippen LogP contribution < -0.4 is 10.6 Å². The number of carbonyl (C=O) groups is 1. The fourth-order valence-corrected chi connectivity index (χ4v) is 5.61. The number of benzene rings is 2. The number of carbonyl (C=O) groups excluding carboxylic acids is 1. The average Bonchev–Trinajstić information content (AvgIpc) is 3.44. The summed E-state index contributed by atoms with van der Waals surface area (Å²) in [6, 6.07) is 16.5. The Morgan fingerprint density at radius 3 is 1.39 bits per heavy atom. The second-order valence-electron chi connectivity index (χ2n) is 8.50. The van der Waals surface area contributed by atoms with Crippen molar-refractivity contribution in [3.05, 3.63) is 70.8 Å². The molecular formula is C25H32N2O. The highest BCUT2D eigenvalue weighted by Gasteiger charge is 2.39. The molecule has 2 aliphatic rings. The molecule has 28 heavy (non-hydrogen) atoms. The smallest absolute Gasteiger partial charge is 0.193 e.